The maximum atomic E-state index is 13.8. The van der Waals surface area contributed by atoms with E-state index < -0.39 is 17.4 Å². The first kappa shape index (κ1) is 15.3. The highest BCUT2D eigenvalue weighted by molar-refractivity contribution is 6.45. The van der Waals surface area contributed by atoms with E-state index >= 15 is 0 Å². The number of ether oxygens (including phenoxy) is 1. The summed E-state index contributed by atoms with van der Waals surface area (Å²) in [5, 5.41) is 9.97. The summed E-state index contributed by atoms with van der Waals surface area (Å²) < 4.78 is 19.1. The number of fused-ring (bicyclic) bond motifs is 1. The van der Waals surface area contributed by atoms with Crippen molar-refractivity contribution in [2.45, 2.75) is 19.1 Å². The predicted octanol–water partition coefficient (Wildman–Crippen LogP) is 4.01. The fourth-order valence-corrected chi connectivity index (χ4v) is 2.96. The molecule has 1 N–H and O–H groups in total. The van der Waals surface area contributed by atoms with Gasteiger partial charge in [-0.25, -0.2) is 4.39 Å². The standard InChI is InChI=1S/C16H11Cl2FO3/c1-16(21)7-8-6-10(12(17)13(18)15(8)22-16)14(20)9-4-2-3-5-11(9)19/h2-6,21H,7H2,1H3. The molecule has 0 saturated heterocycles. The molecule has 1 aliphatic rings. The zero-order chi connectivity index (χ0) is 16.1. The Kier molecular flexibility index (Phi) is 3.63. The van der Waals surface area contributed by atoms with Crippen LogP contribution < -0.4 is 4.74 Å². The molecule has 0 saturated carbocycles. The molecule has 1 aliphatic heterocycles. The van der Waals surface area contributed by atoms with E-state index in [9.17, 15) is 14.3 Å². The SMILES string of the molecule is CC1(O)Cc2cc(C(=O)c3ccccc3F)c(Cl)c(Cl)c2O1. The Hall–Kier alpha value is -1.62. The maximum Gasteiger partial charge on any atom is 0.209 e. The fraction of sp³-hybridized carbons (Fsp3) is 0.188. The van der Waals surface area contributed by atoms with Crippen molar-refractivity contribution < 1.29 is 19.0 Å². The van der Waals surface area contributed by atoms with Crippen molar-refractivity contribution in [3.8, 4) is 5.75 Å². The number of carbonyl (C=O) groups excluding carboxylic acids is 1. The highest BCUT2D eigenvalue weighted by Gasteiger charge is 2.36. The van der Waals surface area contributed by atoms with E-state index in [0.29, 0.717) is 5.56 Å². The number of hydrogen-bond donors (Lipinski definition) is 1. The first-order chi connectivity index (χ1) is 10.3. The van der Waals surface area contributed by atoms with Gasteiger partial charge in [0.05, 0.1) is 10.6 Å². The number of carbonyl (C=O) groups is 1. The molecule has 3 nitrogen and oxygen atoms in total. The molecule has 0 aliphatic carbocycles. The molecule has 22 heavy (non-hydrogen) atoms. The minimum Gasteiger partial charge on any atom is -0.461 e. The summed E-state index contributed by atoms with van der Waals surface area (Å²) in [6.45, 7) is 1.48. The molecule has 1 unspecified atom stereocenters. The number of halogens is 3. The molecule has 1 atom stereocenters. The van der Waals surface area contributed by atoms with Gasteiger partial charge in [0.25, 0.3) is 0 Å². The Morgan fingerprint density at radius 2 is 1.95 bits per heavy atom. The summed E-state index contributed by atoms with van der Waals surface area (Å²) in [6, 6.07) is 7.12. The zero-order valence-corrected chi connectivity index (χ0v) is 13.0. The van der Waals surface area contributed by atoms with Gasteiger partial charge in [-0.15, -0.1) is 0 Å². The second-order valence-electron chi connectivity index (χ2n) is 5.30. The number of benzene rings is 2. The Morgan fingerprint density at radius 1 is 1.27 bits per heavy atom. The first-order valence-electron chi connectivity index (χ1n) is 6.51. The van der Waals surface area contributed by atoms with Gasteiger partial charge in [0, 0.05) is 24.5 Å². The van der Waals surface area contributed by atoms with E-state index in [0.717, 1.165) is 0 Å². The number of aliphatic hydroxyl groups is 1. The highest BCUT2D eigenvalue weighted by Crippen LogP contribution is 2.45. The molecule has 0 fully saturated rings. The van der Waals surface area contributed by atoms with Gasteiger partial charge < -0.3 is 9.84 Å². The van der Waals surface area contributed by atoms with Gasteiger partial charge in [-0.1, -0.05) is 35.3 Å². The molecule has 0 radical (unpaired) electrons. The summed E-state index contributed by atoms with van der Waals surface area (Å²) in [5.74, 6) is -2.36. The van der Waals surface area contributed by atoms with Crippen molar-refractivity contribution in [1.82, 2.24) is 0 Å². The number of hydrogen-bond acceptors (Lipinski definition) is 3. The quantitative estimate of drug-likeness (QED) is 0.840. The van der Waals surface area contributed by atoms with Crippen molar-refractivity contribution >= 4 is 29.0 Å². The van der Waals surface area contributed by atoms with Crippen LogP contribution in [0.15, 0.2) is 30.3 Å². The summed E-state index contributed by atoms with van der Waals surface area (Å²) in [5.41, 5.74) is 0.544. The fourth-order valence-electron chi connectivity index (χ4n) is 2.47. The third-order valence-corrected chi connectivity index (χ3v) is 4.29. The number of ketones is 1. The van der Waals surface area contributed by atoms with Gasteiger partial charge in [-0.2, -0.15) is 0 Å². The molecule has 3 rings (SSSR count). The van der Waals surface area contributed by atoms with Gasteiger partial charge >= 0.3 is 0 Å². The average Bonchev–Trinajstić information content (AvgIpc) is 2.77. The lowest BCUT2D eigenvalue weighted by molar-refractivity contribution is -0.103. The molecule has 0 spiro atoms. The molecule has 2 aromatic rings. The molecule has 6 heteroatoms. The third kappa shape index (κ3) is 2.47. The Labute approximate surface area is 136 Å². The summed E-state index contributed by atoms with van der Waals surface area (Å²) >= 11 is 12.3. The minimum absolute atomic E-state index is 0.0219. The monoisotopic (exact) mass is 340 g/mol. The van der Waals surface area contributed by atoms with Crippen molar-refractivity contribution in [1.29, 1.82) is 0 Å². The molecular formula is C16H11Cl2FO3. The van der Waals surface area contributed by atoms with Crippen LogP contribution in [0.25, 0.3) is 0 Å². The van der Waals surface area contributed by atoms with Crippen LogP contribution in [0.2, 0.25) is 10.0 Å². The van der Waals surface area contributed by atoms with Crippen LogP contribution in [0.4, 0.5) is 4.39 Å². The van der Waals surface area contributed by atoms with E-state index in [-0.39, 0.29) is 33.3 Å². The second-order valence-corrected chi connectivity index (χ2v) is 6.06. The van der Waals surface area contributed by atoms with Crippen molar-refractivity contribution in [2.75, 3.05) is 0 Å². The van der Waals surface area contributed by atoms with E-state index in [1.54, 1.807) is 6.07 Å². The van der Waals surface area contributed by atoms with Gasteiger partial charge in [-0.05, 0) is 18.2 Å². The predicted molar refractivity (Wildman–Crippen MR) is 81.3 cm³/mol. The molecule has 1 heterocycles. The minimum atomic E-state index is -1.41. The number of rotatable bonds is 2. The second kappa shape index (κ2) is 5.23. The Bertz CT molecular complexity index is 787. The Morgan fingerprint density at radius 3 is 2.64 bits per heavy atom. The van der Waals surface area contributed by atoms with E-state index in [1.165, 1.54) is 31.2 Å². The van der Waals surface area contributed by atoms with Crippen molar-refractivity contribution in [2.24, 2.45) is 0 Å². The van der Waals surface area contributed by atoms with Crippen LogP contribution in [0.3, 0.4) is 0 Å². The van der Waals surface area contributed by atoms with Crippen LogP contribution in [-0.4, -0.2) is 16.7 Å². The first-order valence-corrected chi connectivity index (χ1v) is 7.27. The van der Waals surface area contributed by atoms with Crippen molar-refractivity contribution in [3.05, 3.63) is 62.9 Å². The van der Waals surface area contributed by atoms with Crippen LogP contribution in [0, 0.1) is 5.82 Å². The van der Waals surface area contributed by atoms with Crippen LogP contribution in [0.1, 0.15) is 28.4 Å². The lowest BCUT2D eigenvalue weighted by atomic mass is 9.99. The molecule has 2 aromatic carbocycles. The van der Waals surface area contributed by atoms with E-state index in [2.05, 4.69) is 0 Å². The van der Waals surface area contributed by atoms with Gasteiger partial charge in [0.15, 0.2) is 5.78 Å². The summed E-state index contributed by atoms with van der Waals surface area (Å²) in [4.78, 5) is 12.5. The van der Waals surface area contributed by atoms with Gasteiger partial charge in [-0.3, -0.25) is 4.79 Å². The van der Waals surface area contributed by atoms with E-state index in [4.69, 9.17) is 27.9 Å². The summed E-state index contributed by atoms with van der Waals surface area (Å²) in [6.07, 6.45) is 0.163. The van der Waals surface area contributed by atoms with Gasteiger partial charge in [0.1, 0.15) is 16.6 Å². The maximum absolute atomic E-state index is 13.8. The van der Waals surface area contributed by atoms with Crippen LogP contribution >= 0.6 is 23.2 Å². The molecule has 0 aromatic heterocycles. The van der Waals surface area contributed by atoms with Gasteiger partial charge in [0.2, 0.25) is 5.79 Å². The zero-order valence-electron chi connectivity index (χ0n) is 11.5. The topological polar surface area (TPSA) is 46.5 Å². The average molecular weight is 341 g/mol. The summed E-state index contributed by atoms with van der Waals surface area (Å²) in [7, 11) is 0. The molecule has 114 valence electrons. The smallest absolute Gasteiger partial charge is 0.209 e. The largest absolute Gasteiger partial charge is 0.461 e. The lowest BCUT2D eigenvalue weighted by Crippen LogP contribution is -2.28. The van der Waals surface area contributed by atoms with E-state index in [1.807, 2.05) is 0 Å². The van der Waals surface area contributed by atoms with Crippen LogP contribution in [0.5, 0.6) is 5.75 Å². The van der Waals surface area contributed by atoms with Crippen LogP contribution in [-0.2, 0) is 6.42 Å². The third-order valence-electron chi connectivity index (χ3n) is 3.44. The molecule has 0 bridgehead atoms. The molecular weight excluding hydrogens is 330 g/mol. The van der Waals surface area contributed by atoms with Crippen molar-refractivity contribution in [3.63, 3.8) is 0 Å². The Balaban J connectivity index is 2.13. The molecule has 0 amide bonds. The lowest BCUT2D eigenvalue weighted by Gasteiger charge is -2.15. The highest BCUT2D eigenvalue weighted by atomic mass is 35.5. The normalized spacial score (nSPS) is 19.7.